The van der Waals surface area contributed by atoms with Crippen molar-refractivity contribution in [3.8, 4) is 0 Å². The zero-order valence-electron chi connectivity index (χ0n) is 15.8. The molecule has 0 N–H and O–H groups in total. The monoisotopic (exact) mass is 450 g/mol. The van der Waals surface area contributed by atoms with E-state index in [1.165, 1.54) is 0 Å². The highest BCUT2D eigenvalue weighted by atomic mass is 35.5. The van der Waals surface area contributed by atoms with Gasteiger partial charge < -0.3 is 9.74 Å². The summed E-state index contributed by atoms with van der Waals surface area (Å²) in [5, 5.41) is 5.88. The lowest BCUT2D eigenvalue weighted by atomic mass is 9.84. The van der Waals surface area contributed by atoms with Crippen molar-refractivity contribution < 1.29 is 9.63 Å². The van der Waals surface area contributed by atoms with Crippen LogP contribution in [0, 0.1) is 5.92 Å². The van der Waals surface area contributed by atoms with Gasteiger partial charge in [0.05, 0.1) is 22.3 Å². The van der Waals surface area contributed by atoms with Crippen molar-refractivity contribution in [2.45, 2.75) is 38.3 Å². The van der Waals surface area contributed by atoms with Gasteiger partial charge in [-0.2, -0.15) is 0 Å². The van der Waals surface area contributed by atoms with Crippen molar-refractivity contribution >= 4 is 46.4 Å². The average molecular weight is 452 g/mol. The number of carbonyl (C=O) groups excluding carboxylic acids is 1. The zero-order chi connectivity index (χ0) is 20.4. The number of halogens is 3. The summed E-state index contributed by atoms with van der Waals surface area (Å²) in [7, 11) is 0. The number of rotatable bonds is 6. The fourth-order valence-corrected chi connectivity index (χ4v) is 4.13. The van der Waals surface area contributed by atoms with Gasteiger partial charge in [0, 0.05) is 29.5 Å². The summed E-state index contributed by atoms with van der Waals surface area (Å²) in [4.78, 5) is 20.5. The minimum atomic E-state index is -0.192. The van der Waals surface area contributed by atoms with E-state index in [-0.39, 0.29) is 17.9 Å². The second kappa shape index (κ2) is 8.95. The molecule has 1 aliphatic heterocycles. The molecule has 0 unspecified atom stereocenters. The lowest BCUT2D eigenvalue weighted by Gasteiger charge is -2.32. The molecule has 2 aromatic rings. The van der Waals surface area contributed by atoms with Crippen LogP contribution in [0.2, 0.25) is 15.1 Å². The Kier molecular flexibility index (Phi) is 6.33. The highest BCUT2D eigenvalue weighted by Crippen LogP contribution is 2.30. The fourth-order valence-electron chi connectivity index (χ4n) is 3.62. The molecule has 152 valence electrons. The molecule has 0 spiro atoms. The van der Waals surface area contributed by atoms with E-state index in [0.717, 1.165) is 36.1 Å². The Labute approximate surface area is 185 Å². The van der Waals surface area contributed by atoms with Crippen LogP contribution in [0.3, 0.4) is 0 Å². The Balaban J connectivity index is 1.45. The Bertz CT molecular complexity index is 943. The van der Waals surface area contributed by atoms with Crippen LogP contribution < -0.4 is 0 Å². The summed E-state index contributed by atoms with van der Waals surface area (Å²) < 4.78 is 0. The van der Waals surface area contributed by atoms with E-state index in [2.05, 4.69) is 5.16 Å². The van der Waals surface area contributed by atoms with Crippen molar-refractivity contribution in [3.63, 3.8) is 0 Å². The first-order valence-corrected chi connectivity index (χ1v) is 10.8. The Hall–Kier alpha value is -1.75. The van der Waals surface area contributed by atoms with Crippen LogP contribution in [0.5, 0.6) is 0 Å². The molecule has 2 aromatic carbocycles. The normalized spacial score (nSPS) is 18.7. The minimum absolute atomic E-state index is 0.117. The molecule has 0 aromatic heterocycles. The fraction of sp³-hybridized carbons (Fsp3) is 0.364. The maximum absolute atomic E-state index is 13.0. The quantitative estimate of drug-likeness (QED) is 0.543. The van der Waals surface area contributed by atoms with Crippen LogP contribution >= 0.6 is 34.8 Å². The van der Waals surface area contributed by atoms with Gasteiger partial charge in [-0.25, -0.2) is 0 Å². The Morgan fingerprint density at radius 2 is 1.93 bits per heavy atom. The van der Waals surface area contributed by atoms with Crippen LogP contribution in [0.4, 0.5) is 0 Å². The highest BCUT2D eigenvalue weighted by molar-refractivity contribution is 6.42. The van der Waals surface area contributed by atoms with Crippen LogP contribution in [0.25, 0.3) is 0 Å². The van der Waals surface area contributed by atoms with Gasteiger partial charge in [-0.1, -0.05) is 64.6 Å². The SMILES string of the molecule is O=C(C1CCC1)N(Cc1cccc(Cl)c1)C[C@H]1CC(c2ccc(Cl)c(Cl)c2)=NO1. The maximum Gasteiger partial charge on any atom is 0.226 e. The van der Waals surface area contributed by atoms with Gasteiger partial charge >= 0.3 is 0 Å². The predicted octanol–water partition coefficient (Wildman–Crippen LogP) is 5.97. The van der Waals surface area contributed by atoms with Crippen molar-refractivity contribution in [2.24, 2.45) is 11.1 Å². The van der Waals surface area contributed by atoms with E-state index in [4.69, 9.17) is 39.6 Å². The van der Waals surface area contributed by atoms with E-state index in [9.17, 15) is 4.79 Å². The van der Waals surface area contributed by atoms with Crippen LogP contribution in [-0.4, -0.2) is 29.2 Å². The summed E-state index contributed by atoms with van der Waals surface area (Å²) in [6, 6.07) is 13.0. The third-order valence-electron chi connectivity index (χ3n) is 5.44. The molecule has 29 heavy (non-hydrogen) atoms. The van der Waals surface area contributed by atoms with Gasteiger partial charge in [0.2, 0.25) is 5.91 Å². The lowest BCUT2D eigenvalue weighted by molar-refractivity contribution is -0.140. The number of benzene rings is 2. The molecule has 1 aliphatic carbocycles. The zero-order valence-corrected chi connectivity index (χ0v) is 18.1. The molecule has 1 saturated carbocycles. The van der Waals surface area contributed by atoms with Gasteiger partial charge in [-0.05, 0) is 42.7 Å². The topological polar surface area (TPSA) is 41.9 Å². The summed E-state index contributed by atoms with van der Waals surface area (Å²) in [5.41, 5.74) is 2.70. The predicted molar refractivity (Wildman–Crippen MR) is 117 cm³/mol. The minimum Gasteiger partial charge on any atom is -0.390 e. The molecule has 4 rings (SSSR count). The summed E-state index contributed by atoms with van der Waals surface area (Å²) in [6.45, 7) is 0.994. The number of nitrogens with zero attached hydrogens (tertiary/aromatic N) is 2. The van der Waals surface area contributed by atoms with Crippen molar-refractivity contribution in [1.82, 2.24) is 4.90 Å². The first-order valence-electron chi connectivity index (χ1n) is 9.71. The number of hydrogen-bond acceptors (Lipinski definition) is 3. The molecule has 7 heteroatoms. The first-order chi connectivity index (χ1) is 14.0. The molecule has 4 nitrogen and oxygen atoms in total. The van der Waals surface area contributed by atoms with Crippen LogP contribution in [-0.2, 0) is 16.2 Å². The van der Waals surface area contributed by atoms with Gasteiger partial charge in [0.1, 0.15) is 0 Å². The molecular formula is C22H21Cl3N2O2. The standard InChI is InChI=1S/C22H21Cl3N2O2/c23-17-6-1-3-14(9-17)12-27(22(28)15-4-2-5-15)13-18-11-21(26-29-18)16-7-8-19(24)20(25)10-16/h1,3,6-10,15,18H,2,4-5,11-13H2/t18-/m1/s1. The third kappa shape index (κ3) is 4.88. The number of amides is 1. The van der Waals surface area contributed by atoms with Crippen molar-refractivity contribution in [3.05, 3.63) is 68.7 Å². The van der Waals surface area contributed by atoms with Gasteiger partial charge in [-0.3, -0.25) is 4.79 Å². The molecule has 0 bridgehead atoms. The van der Waals surface area contributed by atoms with E-state index >= 15 is 0 Å². The van der Waals surface area contributed by atoms with E-state index < -0.39 is 0 Å². The van der Waals surface area contributed by atoms with E-state index in [0.29, 0.717) is 34.6 Å². The summed E-state index contributed by atoms with van der Waals surface area (Å²) >= 11 is 18.2. The lowest BCUT2D eigenvalue weighted by Crippen LogP contribution is -2.42. The van der Waals surface area contributed by atoms with Gasteiger partial charge in [0.25, 0.3) is 0 Å². The van der Waals surface area contributed by atoms with Crippen LogP contribution in [0.1, 0.15) is 36.8 Å². The number of hydrogen-bond donors (Lipinski definition) is 0. The van der Waals surface area contributed by atoms with Gasteiger partial charge in [-0.15, -0.1) is 0 Å². The van der Waals surface area contributed by atoms with Crippen molar-refractivity contribution in [1.29, 1.82) is 0 Å². The Morgan fingerprint density at radius 1 is 1.10 bits per heavy atom. The molecule has 2 aliphatic rings. The number of oxime groups is 1. The largest absolute Gasteiger partial charge is 0.390 e. The molecule has 0 saturated heterocycles. The number of carbonyl (C=O) groups is 1. The highest BCUT2D eigenvalue weighted by Gasteiger charge is 2.33. The molecule has 0 radical (unpaired) electrons. The molecule has 1 atom stereocenters. The second-order valence-corrected chi connectivity index (χ2v) is 8.83. The second-order valence-electron chi connectivity index (χ2n) is 7.57. The summed E-state index contributed by atoms with van der Waals surface area (Å²) in [6.07, 6.45) is 3.46. The third-order valence-corrected chi connectivity index (χ3v) is 6.41. The summed E-state index contributed by atoms with van der Waals surface area (Å²) in [5.74, 6) is 0.300. The molecule has 1 amide bonds. The maximum atomic E-state index is 13.0. The van der Waals surface area contributed by atoms with Crippen LogP contribution in [0.15, 0.2) is 47.6 Å². The molecular weight excluding hydrogens is 431 g/mol. The van der Waals surface area contributed by atoms with Gasteiger partial charge in [0.15, 0.2) is 6.10 Å². The smallest absolute Gasteiger partial charge is 0.226 e. The molecule has 1 heterocycles. The van der Waals surface area contributed by atoms with Crippen molar-refractivity contribution in [2.75, 3.05) is 6.54 Å². The molecule has 1 fully saturated rings. The van der Waals surface area contributed by atoms with E-state index in [1.54, 1.807) is 12.1 Å². The van der Waals surface area contributed by atoms with E-state index in [1.807, 2.05) is 35.2 Å². The Morgan fingerprint density at radius 3 is 2.62 bits per heavy atom. The average Bonchev–Trinajstić information content (AvgIpc) is 3.10. The first kappa shape index (κ1) is 20.5.